The van der Waals surface area contributed by atoms with E-state index in [9.17, 15) is 4.79 Å². The number of carbonyl (C=O) groups excluding carboxylic acids is 1. The lowest BCUT2D eigenvalue weighted by molar-refractivity contribution is -0.145. The molecule has 1 aromatic carbocycles. The SMILES string of the molecule is CCc1ccc(CCNCC(CC)C(=O)OC)cc1. The molecule has 1 unspecified atom stereocenters. The second kappa shape index (κ2) is 8.70. The number of rotatable bonds is 8. The molecule has 0 saturated heterocycles. The van der Waals surface area contributed by atoms with Crippen LogP contribution in [-0.4, -0.2) is 26.2 Å². The maximum absolute atomic E-state index is 11.4. The maximum Gasteiger partial charge on any atom is 0.309 e. The first-order valence-electron chi connectivity index (χ1n) is 7.07. The first-order valence-corrected chi connectivity index (χ1v) is 7.07. The molecule has 0 spiro atoms. The second-order valence-corrected chi connectivity index (χ2v) is 4.75. The van der Waals surface area contributed by atoms with Crippen LogP contribution in [0.2, 0.25) is 0 Å². The number of aryl methyl sites for hydroxylation is 1. The van der Waals surface area contributed by atoms with Gasteiger partial charge in [0.05, 0.1) is 13.0 Å². The summed E-state index contributed by atoms with van der Waals surface area (Å²) in [6.45, 7) is 5.75. The van der Waals surface area contributed by atoms with Gasteiger partial charge in [-0.3, -0.25) is 4.79 Å². The average molecular weight is 263 g/mol. The molecule has 0 amide bonds. The normalized spacial score (nSPS) is 12.2. The van der Waals surface area contributed by atoms with Crippen LogP contribution < -0.4 is 5.32 Å². The average Bonchev–Trinajstić information content (AvgIpc) is 2.47. The summed E-state index contributed by atoms with van der Waals surface area (Å²) in [6.07, 6.45) is 2.88. The van der Waals surface area contributed by atoms with Crippen molar-refractivity contribution in [2.45, 2.75) is 33.1 Å². The second-order valence-electron chi connectivity index (χ2n) is 4.75. The van der Waals surface area contributed by atoms with Crippen molar-refractivity contribution in [2.24, 2.45) is 5.92 Å². The van der Waals surface area contributed by atoms with Crippen LogP contribution in [0.3, 0.4) is 0 Å². The van der Waals surface area contributed by atoms with Crippen molar-refractivity contribution in [3.63, 3.8) is 0 Å². The summed E-state index contributed by atoms with van der Waals surface area (Å²) in [5.74, 6) is -0.158. The lowest BCUT2D eigenvalue weighted by Gasteiger charge is -2.13. The van der Waals surface area contributed by atoms with Crippen molar-refractivity contribution in [1.29, 1.82) is 0 Å². The number of esters is 1. The number of methoxy groups -OCH3 is 1. The molecule has 0 fully saturated rings. The van der Waals surface area contributed by atoms with Crippen LogP contribution >= 0.6 is 0 Å². The zero-order valence-corrected chi connectivity index (χ0v) is 12.2. The summed E-state index contributed by atoms with van der Waals surface area (Å²) in [5, 5.41) is 3.33. The van der Waals surface area contributed by atoms with Crippen LogP contribution in [0.25, 0.3) is 0 Å². The van der Waals surface area contributed by atoms with Gasteiger partial charge in [0, 0.05) is 6.54 Å². The smallest absolute Gasteiger partial charge is 0.309 e. The van der Waals surface area contributed by atoms with E-state index in [-0.39, 0.29) is 11.9 Å². The molecule has 3 heteroatoms. The fraction of sp³-hybridized carbons (Fsp3) is 0.562. The van der Waals surface area contributed by atoms with Gasteiger partial charge >= 0.3 is 5.97 Å². The zero-order chi connectivity index (χ0) is 14.1. The molecule has 19 heavy (non-hydrogen) atoms. The van der Waals surface area contributed by atoms with Gasteiger partial charge < -0.3 is 10.1 Å². The minimum Gasteiger partial charge on any atom is -0.469 e. The van der Waals surface area contributed by atoms with Crippen molar-refractivity contribution in [3.8, 4) is 0 Å². The van der Waals surface area contributed by atoms with Gasteiger partial charge in [-0.15, -0.1) is 0 Å². The van der Waals surface area contributed by atoms with Crippen molar-refractivity contribution < 1.29 is 9.53 Å². The van der Waals surface area contributed by atoms with Gasteiger partial charge in [-0.05, 0) is 36.9 Å². The molecule has 0 heterocycles. The molecule has 0 aliphatic rings. The van der Waals surface area contributed by atoms with E-state index in [0.29, 0.717) is 6.54 Å². The standard InChI is InChI=1S/C16H25NO2/c1-4-13-6-8-14(9-7-13)10-11-17-12-15(5-2)16(18)19-3/h6-9,15,17H,4-5,10-12H2,1-3H3. The van der Waals surface area contributed by atoms with E-state index in [1.165, 1.54) is 18.2 Å². The molecular weight excluding hydrogens is 238 g/mol. The number of hydrogen-bond acceptors (Lipinski definition) is 3. The largest absolute Gasteiger partial charge is 0.469 e. The Morgan fingerprint density at radius 1 is 1.21 bits per heavy atom. The van der Waals surface area contributed by atoms with Crippen molar-refractivity contribution in [1.82, 2.24) is 5.32 Å². The maximum atomic E-state index is 11.4. The molecule has 0 aliphatic heterocycles. The van der Waals surface area contributed by atoms with E-state index in [2.05, 4.69) is 36.5 Å². The van der Waals surface area contributed by atoms with Gasteiger partial charge in [-0.2, -0.15) is 0 Å². The van der Waals surface area contributed by atoms with Gasteiger partial charge in [0.1, 0.15) is 0 Å². The summed E-state index contributed by atoms with van der Waals surface area (Å²) < 4.78 is 4.77. The van der Waals surface area contributed by atoms with Crippen LogP contribution in [0.4, 0.5) is 0 Å². The molecule has 0 aromatic heterocycles. The predicted octanol–water partition coefficient (Wildman–Crippen LogP) is 2.58. The van der Waals surface area contributed by atoms with E-state index in [4.69, 9.17) is 4.74 Å². The Morgan fingerprint density at radius 3 is 2.37 bits per heavy atom. The predicted molar refractivity (Wildman–Crippen MR) is 78.2 cm³/mol. The topological polar surface area (TPSA) is 38.3 Å². The lowest BCUT2D eigenvalue weighted by atomic mass is 10.1. The molecule has 0 bridgehead atoms. The van der Waals surface area contributed by atoms with Gasteiger partial charge in [0.2, 0.25) is 0 Å². The lowest BCUT2D eigenvalue weighted by Crippen LogP contribution is -2.30. The number of hydrogen-bond donors (Lipinski definition) is 1. The van der Waals surface area contributed by atoms with E-state index in [0.717, 1.165) is 25.8 Å². The van der Waals surface area contributed by atoms with Crippen LogP contribution in [0.1, 0.15) is 31.4 Å². The molecule has 0 aliphatic carbocycles. The first kappa shape index (κ1) is 15.7. The minimum atomic E-state index is -0.123. The summed E-state index contributed by atoms with van der Waals surface area (Å²) in [6, 6.07) is 8.72. The van der Waals surface area contributed by atoms with Crippen molar-refractivity contribution in [2.75, 3.05) is 20.2 Å². The number of benzene rings is 1. The third kappa shape index (κ3) is 5.43. The highest BCUT2D eigenvalue weighted by Crippen LogP contribution is 2.06. The van der Waals surface area contributed by atoms with Crippen LogP contribution in [0.5, 0.6) is 0 Å². The summed E-state index contributed by atoms with van der Waals surface area (Å²) in [4.78, 5) is 11.4. The number of ether oxygens (including phenoxy) is 1. The highest BCUT2D eigenvalue weighted by atomic mass is 16.5. The van der Waals surface area contributed by atoms with Gasteiger partial charge in [0.25, 0.3) is 0 Å². The summed E-state index contributed by atoms with van der Waals surface area (Å²) in [5.41, 5.74) is 2.70. The number of carbonyl (C=O) groups is 1. The Morgan fingerprint density at radius 2 is 1.84 bits per heavy atom. The van der Waals surface area contributed by atoms with E-state index >= 15 is 0 Å². The molecule has 0 saturated carbocycles. The van der Waals surface area contributed by atoms with E-state index in [1.807, 2.05) is 6.92 Å². The molecule has 1 rings (SSSR count). The third-order valence-corrected chi connectivity index (χ3v) is 3.44. The monoisotopic (exact) mass is 263 g/mol. The minimum absolute atomic E-state index is 0.0348. The molecule has 106 valence electrons. The first-order chi connectivity index (χ1) is 9.21. The Kier molecular flexibility index (Phi) is 7.19. The highest BCUT2D eigenvalue weighted by Gasteiger charge is 2.15. The Balaban J connectivity index is 2.27. The summed E-state index contributed by atoms with van der Waals surface area (Å²) in [7, 11) is 1.44. The molecule has 1 aromatic rings. The Hall–Kier alpha value is -1.35. The fourth-order valence-electron chi connectivity index (χ4n) is 2.01. The molecule has 3 nitrogen and oxygen atoms in total. The third-order valence-electron chi connectivity index (χ3n) is 3.44. The van der Waals surface area contributed by atoms with Gasteiger partial charge in [0.15, 0.2) is 0 Å². The Labute approximate surface area is 116 Å². The fourth-order valence-corrected chi connectivity index (χ4v) is 2.01. The molecule has 1 N–H and O–H groups in total. The van der Waals surface area contributed by atoms with Crippen LogP contribution in [0, 0.1) is 5.92 Å². The van der Waals surface area contributed by atoms with Gasteiger partial charge in [-0.25, -0.2) is 0 Å². The van der Waals surface area contributed by atoms with Crippen molar-refractivity contribution >= 4 is 5.97 Å². The van der Waals surface area contributed by atoms with E-state index < -0.39 is 0 Å². The van der Waals surface area contributed by atoms with Crippen LogP contribution in [-0.2, 0) is 22.4 Å². The molecule has 1 atom stereocenters. The van der Waals surface area contributed by atoms with E-state index in [1.54, 1.807) is 0 Å². The summed E-state index contributed by atoms with van der Waals surface area (Å²) >= 11 is 0. The quantitative estimate of drug-likeness (QED) is 0.579. The highest BCUT2D eigenvalue weighted by molar-refractivity contribution is 5.72. The molecular formula is C16H25NO2. The van der Waals surface area contributed by atoms with Gasteiger partial charge in [-0.1, -0.05) is 38.1 Å². The number of nitrogens with one attached hydrogen (secondary N) is 1. The molecule has 0 radical (unpaired) electrons. The zero-order valence-electron chi connectivity index (χ0n) is 12.2. The van der Waals surface area contributed by atoms with Crippen molar-refractivity contribution in [3.05, 3.63) is 35.4 Å². The van der Waals surface area contributed by atoms with Crippen LogP contribution in [0.15, 0.2) is 24.3 Å². The Bertz CT molecular complexity index is 373.